The maximum atomic E-state index is 12.6. The van der Waals surface area contributed by atoms with E-state index in [1.807, 2.05) is 30.3 Å². The molecular formula is C17H15F3N2OS. The van der Waals surface area contributed by atoms with Gasteiger partial charge in [-0.05, 0) is 36.8 Å². The van der Waals surface area contributed by atoms with Crippen molar-refractivity contribution >= 4 is 23.9 Å². The molecule has 0 aliphatic carbocycles. The molecule has 24 heavy (non-hydrogen) atoms. The fraction of sp³-hybridized carbons (Fsp3) is 0.176. The number of nitrogens with zero attached hydrogens (tertiary/aromatic N) is 1. The number of halogens is 3. The molecule has 0 aliphatic heterocycles. The first-order chi connectivity index (χ1) is 11.4. The van der Waals surface area contributed by atoms with E-state index in [0.717, 1.165) is 17.0 Å². The maximum Gasteiger partial charge on any atom is 0.416 e. The molecule has 0 bridgehead atoms. The average Bonchev–Trinajstić information content (AvgIpc) is 2.55. The standard InChI is InChI=1S/C17H15F3N2OS/c1-12(24-15-8-3-2-4-9-15)16(23)22-21-11-13-6-5-7-14(10-13)17(18,19)20/h2-12H,1H3,(H,22,23)/b21-11-/t12-/m0/s1. The minimum atomic E-state index is -4.41. The zero-order valence-electron chi connectivity index (χ0n) is 12.7. The quantitative estimate of drug-likeness (QED) is 0.494. The fourth-order valence-corrected chi connectivity index (χ4v) is 2.70. The van der Waals surface area contributed by atoms with Crippen LogP contribution in [0.5, 0.6) is 0 Å². The van der Waals surface area contributed by atoms with Gasteiger partial charge in [-0.25, -0.2) is 5.43 Å². The second-order valence-corrected chi connectivity index (χ2v) is 6.34. The zero-order valence-corrected chi connectivity index (χ0v) is 13.6. The van der Waals surface area contributed by atoms with E-state index in [9.17, 15) is 18.0 Å². The van der Waals surface area contributed by atoms with E-state index >= 15 is 0 Å². The van der Waals surface area contributed by atoms with E-state index in [-0.39, 0.29) is 16.7 Å². The zero-order chi connectivity index (χ0) is 17.6. The molecule has 0 saturated carbocycles. The van der Waals surface area contributed by atoms with Crippen molar-refractivity contribution in [1.82, 2.24) is 5.43 Å². The minimum Gasteiger partial charge on any atom is -0.272 e. The van der Waals surface area contributed by atoms with Crippen molar-refractivity contribution in [1.29, 1.82) is 0 Å². The summed E-state index contributed by atoms with van der Waals surface area (Å²) in [6.07, 6.45) is -3.22. The number of hydrogen-bond donors (Lipinski definition) is 1. The molecule has 2 aromatic rings. The predicted octanol–water partition coefficient (Wildman–Crippen LogP) is 4.34. The molecule has 7 heteroatoms. The summed E-state index contributed by atoms with van der Waals surface area (Å²) in [6, 6.07) is 14.1. The van der Waals surface area contributed by atoms with E-state index in [0.29, 0.717) is 0 Å². The van der Waals surface area contributed by atoms with Gasteiger partial charge in [0, 0.05) is 4.90 Å². The van der Waals surface area contributed by atoms with Crippen molar-refractivity contribution in [2.45, 2.75) is 23.2 Å². The molecule has 0 radical (unpaired) electrons. The third-order valence-corrected chi connectivity index (χ3v) is 4.14. The molecule has 3 nitrogen and oxygen atoms in total. The highest BCUT2D eigenvalue weighted by Gasteiger charge is 2.30. The van der Waals surface area contributed by atoms with Gasteiger partial charge in [0.15, 0.2) is 0 Å². The van der Waals surface area contributed by atoms with E-state index in [1.54, 1.807) is 6.92 Å². The van der Waals surface area contributed by atoms with Crippen LogP contribution in [0.3, 0.4) is 0 Å². The summed E-state index contributed by atoms with van der Waals surface area (Å²) in [4.78, 5) is 12.9. The van der Waals surface area contributed by atoms with Crippen LogP contribution in [0, 0.1) is 0 Å². The molecule has 0 saturated heterocycles. The number of hydrogen-bond acceptors (Lipinski definition) is 3. The molecule has 0 heterocycles. The Bertz CT molecular complexity index is 717. The Hall–Kier alpha value is -2.28. The highest BCUT2D eigenvalue weighted by molar-refractivity contribution is 8.00. The molecule has 0 unspecified atom stereocenters. The Labute approximate surface area is 142 Å². The summed E-state index contributed by atoms with van der Waals surface area (Å²) in [7, 11) is 0. The summed E-state index contributed by atoms with van der Waals surface area (Å²) in [5, 5.41) is 3.34. The van der Waals surface area contributed by atoms with Crippen molar-refractivity contribution in [3.05, 3.63) is 65.7 Å². The lowest BCUT2D eigenvalue weighted by Gasteiger charge is -2.09. The highest BCUT2D eigenvalue weighted by Crippen LogP contribution is 2.29. The van der Waals surface area contributed by atoms with Crippen LogP contribution >= 0.6 is 11.8 Å². The third kappa shape index (κ3) is 5.42. The van der Waals surface area contributed by atoms with Crippen LogP contribution in [0.25, 0.3) is 0 Å². The van der Waals surface area contributed by atoms with Gasteiger partial charge < -0.3 is 0 Å². The van der Waals surface area contributed by atoms with Crippen molar-refractivity contribution in [2.24, 2.45) is 5.10 Å². The largest absolute Gasteiger partial charge is 0.416 e. The summed E-state index contributed by atoms with van der Waals surface area (Å²) in [5.41, 5.74) is 1.84. The Kier molecular flexibility index (Phi) is 6.03. The fourth-order valence-electron chi connectivity index (χ4n) is 1.81. The van der Waals surface area contributed by atoms with Crippen molar-refractivity contribution in [3.63, 3.8) is 0 Å². The second kappa shape index (κ2) is 8.01. The summed E-state index contributed by atoms with van der Waals surface area (Å²) < 4.78 is 37.8. The summed E-state index contributed by atoms with van der Waals surface area (Å²) in [6.45, 7) is 1.73. The van der Waals surface area contributed by atoms with Crippen molar-refractivity contribution < 1.29 is 18.0 Å². The number of rotatable bonds is 5. The Morgan fingerprint density at radius 1 is 1.17 bits per heavy atom. The average molecular weight is 352 g/mol. The molecule has 1 amide bonds. The molecular weight excluding hydrogens is 337 g/mol. The van der Waals surface area contributed by atoms with E-state index in [4.69, 9.17) is 0 Å². The molecule has 2 aromatic carbocycles. The van der Waals surface area contributed by atoms with Gasteiger partial charge in [0.25, 0.3) is 5.91 Å². The Morgan fingerprint density at radius 2 is 1.88 bits per heavy atom. The number of carbonyl (C=O) groups is 1. The second-order valence-electron chi connectivity index (χ2n) is 4.93. The van der Waals surface area contributed by atoms with Gasteiger partial charge >= 0.3 is 6.18 Å². The van der Waals surface area contributed by atoms with Crippen molar-refractivity contribution in [2.75, 3.05) is 0 Å². The minimum absolute atomic E-state index is 0.258. The number of hydrazone groups is 1. The first-order valence-corrected chi connectivity index (χ1v) is 7.96. The summed E-state index contributed by atoms with van der Waals surface area (Å²) in [5.74, 6) is -0.327. The molecule has 1 atom stereocenters. The molecule has 1 N–H and O–H groups in total. The first-order valence-electron chi connectivity index (χ1n) is 7.08. The van der Waals surface area contributed by atoms with E-state index < -0.39 is 11.7 Å². The SMILES string of the molecule is C[C@H](Sc1ccccc1)C(=O)N/N=C\c1cccc(C(F)(F)F)c1. The lowest BCUT2D eigenvalue weighted by atomic mass is 10.1. The van der Waals surface area contributed by atoms with Crippen LogP contribution < -0.4 is 5.43 Å². The lowest BCUT2D eigenvalue weighted by molar-refractivity contribution is -0.137. The monoisotopic (exact) mass is 352 g/mol. The van der Waals surface area contributed by atoms with Gasteiger partial charge in [0.05, 0.1) is 17.0 Å². The van der Waals surface area contributed by atoms with Gasteiger partial charge in [0.2, 0.25) is 0 Å². The smallest absolute Gasteiger partial charge is 0.272 e. The van der Waals surface area contributed by atoms with Crippen LogP contribution in [-0.4, -0.2) is 17.4 Å². The van der Waals surface area contributed by atoms with Gasteiger partial charge in [-0.1, -0.05) is 30.3 Å². The normalized spacial score (nSPS) is 13.0. The molecule has 0 aromatic heterocycles. The number of nitrogens with one attached hydrogen (secondary N) is 1. The van der Waals surface area contributed by atoms with Crippen molar-refractivity contribution in [3.8, 4) is 0 Å². The molecule has 2 rings (SSSR count). The number of alkyl halides is 3. The van der Waals surface area contributed by atoms with Crippen LogP contribution in [0.4, 0.5) is 13.2 Å². The third-order valence-electron chi connectivity index (χ3n) is 3.03. The number of amides is 1. The Morgan fingerprint density at radius 3 is 2.54 bits per heavy atom. The lowest BCUT2D eigenvalue weighted by Crippen LogP contribution is -2.26. The van der Waals surface area contributed by atoms with E-state index in [1.165, 1.54) is 30.1 Å². The molecule has 126 valence electrons. The van der Waals surface area contributed by atoms with Gasteiger partial charge in [0.1, 0.15) is 0 Å². The summed E-state index contributed by atoms with van der Waals surface area (Å²) >= 11 is 1.37. The van der Waals surface area contributed by atoms with Gasteiger partial charge in [-0.3, -0.25) is 4.79 Å². The maximum absolute atomic E-state index is 12.6. The van der Waals surface area contributed by atoms with Crippen LogP contribution in [0.2, 0.25) is 0 Å². The van der Waals surface area contributed by atoms with Crippen LogP contribution in [-0.2, 0) is 11.0 Å². The van der Waals surface area contributed by atoms with Gasteiger partial charge in [-0.15, -0.1) is 11.8 Å². The highest BCUT2D eigenvalue weighted by atomic mass is 32.2. The van der Waals surface area contributed by atoms with Crippen LogP contribution in [0.1, 0.15) is 18.1 Å². The number of thioether (sulfide) groups is 1. The molecule has 0 fully saturated rings. The first kappa shape index (κ1) is 18.1. The topological polar surface area (TPSA) is 41.5 Å². The number of benzene rings is 2. The molecule has 0 aliphatic rings. The molecule has 0 spiro atoms. The number of carbonyl (C=O) groups excluding carboxylic acids is 1. The van der Waals surface area contributed by atoms with Gasteiger partial charge in [-0.2, -0.15) is 18.3 Å². The predicted molar refractivity (Wildman–Crippen MR) is 88.9 cm³/mol. The Balaban J connectivity index is 1.92. The van der Waals surface area contributed by atoms with Crippen LogP contribution in [0.15, 0.2) is 64.6 Å². The van der Waals surface area contributed by atoms with E-state index in [2.05, 4.69) is 10.5 Å².